The van der Waals surface area contributed by atoms with Crippen molar-refractivity contribution in [3.63, 3.8) is 0 Å². The number of carbonyl (C=O) groups excluding carboxylic acids is 1. The van der Waals surface area contributed by atoms with E-state index in [4.69, 9.17) is 5.73 Å². The lowest BCUT2D eigenvalue weighted by atomic mass is 10.2. The minimum atomic E-state index is -0.388. The van der Waals surface area contributed by atoms with E-state index >= 15 is 0 Å². The van der Waals surface area contributed by atoms with Crippen molar-refractivity contribution in [1.29, 1.82) is 0 Å². The van der Waals surface area contributed by atoms with Gasteiger partial charge in [-0.05, 0) is 12.2 Å². The summed E-state index contributed by atoms with van der Waals surface area (Å²) in [5.41, 5.74) is 7.57. The molecule has 12 heavy (non-hydrogen) atoms. The number of amides is 1. The summed E-state index contributed by atoms with van der Waals surface area (Å²) in [6.45, 7) is 0. The van der Waals surface area contributed by atoms with Gasteiger partial charge in [-0.2, -0.15) is 0 Å². The standard InChI is InChI=1S/C8H6N2O.ClH/c9-8(11)5-1-6-3-10-4-7(6)2-5;/h1-4H,(H2,9,11);1H. The second-order valence-electron chi connectivity index (χ2n) is 2.43. The Kier molecular flexibility index (Phi) is 2.15. The number of hydrogen-bond donors (Lipinski definition) is 1. The van der Waals surface area contributed by atoms with Crippen LogP contribution in [0.2, 0.25) is 0 Å². The molecule has 0 bridgehead atoms. The van der Waals surface area contributed by atoms with E-state index in [-0.39, 0.29) is 18.3 Å². The largest absolute Gasteiger partial charge is 0.366 e. The molecule has 1 aliphatic heterocycles. The van der Waals surface area contributed by atoms with Gasteiger partial charge in [0.15, 0.2) is 0 Å². The molecule has 1 aliphatic carbocycles. The first-order valence-corrected chi connectivity index (χ1v) is 3.24. The van der Waals surface area contributed by atoms with E-state index in [0.29, 0.717) is 5.57 Å². The van der Waals surface area contributed by atoms with E-state index in [1.807, 2.05) is 0 Å². The fourth-order valence-corrected chi connectivity index (χ4v) is 1.11. The van der Waals surface area contributed by atoms with Crippen LogP contribution in [0.4, 0.5) is 0 Å². The molecule has 0 unspecified atom stereocenters. The van der Waals surface area contributed by atoms with Gasteiger partial charge in [0.05, 0.1) is 0 Å². The van der Waals surface area contributed by atoms with E-state index in [1.165, 1.54) is 0 Å². The zero-order valence-electron chi connectivity index (χ0n) is 6.15. The third-order valence-corrected chi connectivity index (χ3v) is 1.67. The summed E-state index contributed by atoms with van der Waals surface area (Å²) in [7, 11) is 0. The SMILES string of the molecule is Cl.NC(=O)C1=CC2=CN=CC2=C1. The molecule has 3 nitrogen and oxygen atoms in total. The van der Waals surface area contributed by atoms with Crippen molar-refractivity contribution in [2.75, 3.05) is 0 Å². The van der Waals surface area contributed by atoms with Gasteiger partial charge in [0, 0.05) is 29.1 Å². The summed E-state index contributed by atoms with van der Waals surface area (Å²) in [6, 6.07) is 0. The van der Waals surface area contributed by atoms with Crippen molar-refractivity contribution in [2.45, 2.75) is 0 Å². The van der Waals surface area contributed by atoms with Gasteiger partial charge >= 0.3 is 0 Å². The minimum absolute atomic E-state index is 0. The summed E-state index contributed by atoms with van der Waals surface area (Å²) >= 11 is 0. The maximum atomic E-state index is 10.7. The number of carbonyl (C=O) groups is 1. The molecule has 1 amide bonds. The normalized spacial score (nSPS) is 17.5. The smallest absolute Gasteiger partial charge is 0.248 e. The van der Waals surface area contributed by atoms with Crippen LogP contribution in [0.1, 0.15) is 0 Å². The van der Waals surface area contributed by atoms with Gasteiger partial charge in [0.25, 0.3) is 0 Å². The average Bonchev–Trinajstić information content (AvgIpc) is 2.40. The van der Waals surface area contributed by atoms with Gasteiger partial charge in [-0.3, -0.25) is 9.79 Å². The Morgan fingerprint density at radius 3 is 2.67 bits per heavy atom. The number of rotatable bonds is 1. The third-order valence-electron chi connectivity index (χ3n) is 1.67. The van der Waals surface area contributed by atoms with Gasteiger partial charge in [-0.15, -0.1) is 12.4 Å². The first-order chi connectivity index (χ1) is 5.27. The molecule has 0 aromatic carbocycles. The summed E-state index contributed by atoms with van der Waals surface area (Å²) in [4.78, 5) is 14.6. The molecule has 0 aromatic heterocycles. The van der Waals surface area contributed by atoms with Crippen LogP contribution in [0.15, 0.2) is 40.1 Å². The van der Waals surface area contributed by atoms with Gasteiger partial charge < -0.3 is 5.73 Å². The molecule has 1 heterocycles. The predicted molar refractivity (Wildman–Crippen MR) is 49.2 cm³/mol. The molecule has 0 atom stereocenters. The van der Waals surface area contributed by atoms with Crippen LogP contribution < -0.4 is 5.73 Å². The van der Waals surface area contributed by atoms with Gasteiger partial charge in [0.1, 0.15) is 0 Å². The molecule has 0 saturated carbocycles. The van der Waals surface area contributed by atoms with Gasteiger partial charge in [-0.1, -0.05) is 0 Å². The number of primary amides is 1. The third kappa shape index (κ3) is 1.19. The highest BCUT2D eigenvalue weighted by Crippen LogP contribution is 2.25. The van der Waals surface area contributed by atoms with Crippen LogP contribution in [0.3, 0.4) is 0 Å². The molecule has 2 rings (SSSR count). The molecule has 62 valence electrons. The highest BCUT2D eigenvalue weighted by Gasteiger charge is 2.16. The van der Waals surface area contributed by atoms with Crippen molar-refractivity contribution in [3.8, 4) is 0 Å². The van der Waals surface area contributed by atoms with E-state index in [0.717, 1.165) is 11.1 Å². The van der Waals surface area contributed by atoms with Crippen molar-refractivity contribution in [3.05, 3.63) is 35.1 Å². The lowest BCUT2D eigenvalue weighted by Gasteiger charge is -1.86. The quantitative estimate of drug-likeness (QED) is 0.639. The van der Waals surface area contributed by atoms with Crippen LogP contribution >= 0.6 is 12.4 Å². The van der Waals surface area contributed by atoms with Gasteiger partial charge in [0.2, 0.25) is 5.91 Å². The first-order valence-electron chi connectivity index (χ1n) is 3.24. The Morgan fingerprint density at radius 1 is 1.33 bits per heavy atom. The summed E-state index contributed by atoms with van der Waals surface area (Å²) < 4.78 is 0. The molecule has 4 heteroatoms. The fraction of sp³-hybridized carbons (Fsp3) is 0. The Labute approximate surface area is 75.8 Å². The Balaban J connectivity index is 0.000000720. The Bertz CT molecular complexity index is 350. The summed E-state index contributed by atoms with van der Waals surface area (Å²) in [5, 5.41) is 0. The lowest BCUT2D eigenvalue weighted by molar-refractivity contribution is -0.114. The molecular weight excluding hydrogens is 176 g/mol. The van der Waals surface area contributed by atoms with E-state index < -0.39 is 0 Å². The van der Waals surface area contributed by atoms with Crippen molar-refractivity contribution < 1.29 is 4.79 Å². The second-order valence-corrected chi connectivity index (χ2v) is 2.43. The summed E-state index contributed by atoms with van der Waals surface area (Å²) in [5.74, 6) is -0.388. The minimum Gasteiger partial charge on any atom is -0.366 e. The Morgan fingerprint density at radius 2 is 2.08 bits per heavy atom. The molecule has 0 spiro atoms. The average molecular weight is 183 g/mol. The van der Waals surface area contributed by atoms with Crippen LogP contribution in [-0.2, 0) is 4.79 Å². The first kappa shape index (κ1) is 8.74. The van der Waals surface area contributed by atoms with Crippen LogP contribution in [0.5, 0.6) is 0 Å². The number of hydrogen-bond acceptors (Lipinski definition) is 2. The van der Waals surface area contributed by atoms with E-state index in [9.17, 15) is 4.79 Å². The molecule has 0 aromatic rings. The molecule has 2 N–H and O–H groups in total. The zero-order chi connectivity index (χ0) is 7.84. The van der Waals surface area contributed by atoms with Crippen molar-refractivity contribution in [1.82, 2.24) is 0 Å². The summed E-state index contributed by atoms with van der Waals surface area (Å²) in [6.07, 6.45) is 6.90. The number of aliphatic imine (C=N–C) groups is 1. The molecule has 0 fully saturated rings. The number of nitrogens with two attached hydrogens (primary N) is 1. The van der Waals surface area contributed by atoms with E-state index in [2.05, 4.69) is 4.99 Å². The predicted octanol–water partition coefficient (Wildman–Crippen LogP) is 0.728. The van der Waals surface area contributed by atoms with Crippen LogP contribution in [-0.4, -0.2) is 12.1 Å². The van der Waals surface area contributed by atoms with Crippen molar-refractivity contribution in [2.24, 2.45) is 10.7 Å². The Hall–Kier alpha value is -1.35. The highest BCUT2D eigenvalue weighted by atomic mass is 35.5. The van der Waals surface area contributed by atoms with Gasteiger partial charge in [-0.25, -0.2) is 0 Å². The fourth-order valence-electron chi connectivity index (χ4n) is 1.11. The lowest BCUT2D eigenvalue weighted by Crippen LogP contribution is -2.11. The topological polar surface area (TPSA) is 55.5 Å². The maximum absolute atomic E-state index is 10.7. The highest BCUT2D eigenvalue weighted by molar-refractivity contribution is 6.03. The van der Waals surface area contributed by atoms with Crippen LogP contribution in [0, 0.1) is 0 Å². The maximum Gasteiger partial charge on any atom is 0.248 e. The van der Waals surface area contributed by atoms with Crippen LogP contribution in [0.25, 0.3) is 0 Å². The molecule has 2 aliphatic rings. The molecule has 0 saturated heterocycles. The second kappa shape index (κ2) is 2.95. The number of fused-ring (bicyclic) bond motifs is 1. The van der Waals surface area contributed by atoms with E-state index in [1.54, 1.807) is 24.6 Å². The monoisotopic (exact) mass is 182 g/mol. The number of nitrogens with zero attached hydrogens (tertiary/aromatic N) is 1. The molecule has 0 radical (unpaired) electrons. The zero-order valence-corrected chi connectivity index (χ0v) is 6.97. The number of allylic oxidation sites excluding steroid dienone is 3. The van der Waals surface area contributed by atoms with Crippen molar-refractivity contribution >= 4 is 24.5 Å². The molecular formula is C8H7ClN2O. The number of halogens is 1.